The van der Waals surface area contributed by atoms with Crippen molar-refractivity contribution in [3.05, 3.63) is 34.9 Å². The first-order valence-corrected chi connectivity index (χ1v) is 8.32. The zero-order chi connectivity index (χ0) is 17.7. The van der Waals surface area contributed by atoms with Gasteiger partial charge in [-0.15, -0.1) is 0 Å². The molecule has 1 N–H and O–H groups in total. The average molecular weight is 354 g/mol. The Hall–Kier alpha value is -3.07. The normalized spacial score (nSPS) is 11.3. The number of nitrogens with zero attached hydrogens (tertiary/aromatic N) is 5. The molecule has 25 heavy (non-hydrogen) atoms. The molecule has 4 aromatic rings. The predicted octanol–water partition coefficient (Wildman–Crippen LogP) is 1.90. The highest BCUT2D eigenvalue weighted by molar-refractivity contribution is 7.21. The van der Waals surface area contributed by atoms with Gasteiger partial charge in [-0.2, -0.15) is 0 Å². The lowest BCUT2D eigenvalue weighted by atomic mass is 10.2. The van der Waals surface area contributed by atoms with E-state index in [1.165, 1.54) is 22.8 Å². The number of aryl methyl sites for hydroxylation is 2. The average Bonchev–Trinajstić information content (AvgIpc) is 3.07. The van der Waals surface area contributed by atoms with Crippen molar-refractivity contribution in [1.29, 1.82) is 0 Å². The highest BCUT2D eigenvalue weighted by Crippen LogP contribution is 2.28. The Bertz CT molecular complexity index is 1200. The third-order valence-electron chi connectivity index (χ3n) is 3.93. The molecule has 126 valence electrons. The molecule has 0 unspecified atom stereocenters. The minimum absolute atomic E-state index is 0.120. The van der Waals surface area contributed by atoms with Crippen LogP contribution < -0.4 is 11.0 Å². The van der Waals surface area contributed by atoms with Crippen LogP contribution in [0.15, 0.2) is 29.2 Å². The number of carbonyl (C=O) groups is 1. The molecule has 0 bridgehead atoms. The van der Waals surface area contributed by atoms with Crippen molar-refractivity contribution in [1.82, 2.24) is 24.1 Å². The van der Waals surface area contributed by atoms with E-state index < -0.39 is 0 Å². The Balaban J connectivity index is 1.83. The van der Waals surface area contributed by atoms with E-state index in [0.717, 1.165) is 27.1 Å². The number of carbonyl (C=O) groups excluding carboxylic acids is 1. The monoisotopic (exact) mass is 354 g/mol. The highest BCUT2D eigenvalue weighted by atomic mass is 32.1. The number of hydrogen-bond acceptors (Lipinski definition) is 6. The number of pyridine rings is 2. The van der Waals surface area contributed by atoms with E-state index in [0.29, 0.717) is 10.8 Å². The quantitative estimate of drug-likeness (QED) is 0.593. The lowest BCUT2D eigenvalue weighted by molar-refractivity contribution is -0.114. The number of rotatable bonds is 2. The van der Waals surface area contributed by atoms with E-state index in [1.54, 1.807) is 24.9 Å². The molecule has 0 aliphatic carbocycles. The van der Waals surface area contributed by atoms with Gasteiger partial charge in [-0.05, 0) is 18.2 Å². The first-order valence-electron chi connectivity index (χ1n) is 7.51. The number of imidazole rings is 1. The van der Waals surface area contributed by atoms with E-state index in [-0.39, 0.29) is 11.6 Å². The summed E-state index contributed by atoms with van der Waals surface area (Å²) in [6, 6.07) is 5.60. The second-order valence-electron chi connectivity index (χ2n) is 5.69. The fraction of sp³-hybridized carbons (Fsp3) is 0.188. The zero-order valence-corrected chi connectivity index (χ0v) is 14.6. The number of thiazole rings is 1. The first-order chi connectivity index (χ1) is 11.9. The topological polar surface area (TPSA) is 94.7 Å². The van der Waals surface area contributed by atoms with Gasteiger partial charge in [-0.1, -0.05) is 11.3 Å². The lowest BCUT2D eigenvalue weighted by Gasteiger charge is -2.01. The van der Waals surface area contributed by atoms with Crippen LogP contribution >= 0.6 is 11.3 Å². The van der Waals surface area contributed by atoms with Crippen molar-refractivity contribution < 1.29 is 4.79 Å². The van der Waals surface area contributed by atoms with Gasteiger partial charge in [-0.3, -0.25) is 13.9 Å². The van der Waals surface area contributed by atoms with Crippen LogP contribution in [0.25, 0.3) is 32.8 Å². The molecule has 4 rings (SSSR count). The van der Waals surface area contributed by atoms with Gasteiger partial charge in [0, 0.05) is 32.8 Å². The van der Waals surface area contributed by atoms with E-state index in [2.05, 4.69) is 20.3 Å². The molecule has 0 aliphatic heterocycles. The summed E-state index contributed by atoms with van der Waals surface area (Å²) in [7, 11) is 3.41. The van der Waals surface area contributed by atoms with Crippen LogP contribution in [0, 0.1) is 0 Å². The van der Waals surface area contributed by atoms with Gasteiger partial charge in [0.05, 0.1) is 11.2 Å². The van der Waals surface area contributed by atoms with Gasteiger partial charge in [0.15, 0.2) is 10.8 Å². The van der Waals surface area contributed by atoms with Crippen LogP contribution in [0.3, 0.4) is 0 Å². The third-order valence-corrected chi connectivity index (χ3v) is 4.81. The van der Waals surface area contributed by atoms with Gasteiger partial charge < -0.3 is 5.32 Å². The van der Waals surface area contributed by atoms with E-state index in [4.69, 9.17) is 0 Å². The van der Waals surface area contributed by atoms with Gasteiger partial charge in [-0.25, -0.2) is 19.7 Å². The first kappa shape index (κ1) is 15.5. The van der Waals surface area contributed by atoms with Crippen LogP contribution in [-0.4, -0.2) is 30.0 Å². The van der Waals surface area contributed by atoms with Crippen molar-refractivity contribution in [3.63, 3.8) is 0 Å². The summed E-state index contributed by atoms with van der Waals surface area (Å²) in [4.78, 5) is 37.2. The van der Waals surface area contributed by atoms with Crippen molar-refractivity contribution in [2.75, 3.05) is 5.32 Å². The maximum absolute atomic E-state index is 12.0. The number of hydrogen-bond donors (Lipinski definition) is 1. The molecule has 1 amide bonds. The van der Waals surface area contributed by atoms with Gasteiger partial charge >= 0.3 is 5.69 Å². The van der Waals surface area contributed by atoms with Crippen LogP contribution in [0.1, 0.15) is 6.92 Å². The van der Waals surface area contributed by atoms with E-state index in [9.17, 15) is 9.59 Å². The highest BCUT2D eigenvalue weighted by Gasteiger charge is 2.12. The van der Waals surface area contributed by atoms with Crippen molar-refractivity contribution >= 4 is 43.9 Å². The summed E-state index contributed by atoms with van der Waals surface area (Å²) in [5, 5.41) is 3.19. The molecule has 0 saturated carbocycles. The number of aromatic nitrogens is 5. The van der Waals surface area contributed by atoms with E-state index >= 15 is 0 Å². The molecule has 9 heteroatoms. The van der Waals surface area contributed by atoms with Gasteiger partial charge in [0.1, 0.15) is 10.3 Å². The molecule has 0 aliphatic rings. The molecule has 0 radical (unpaired) electrons. The Kier molecular flexibility index (Phi) is 3.39. The van der Waals surface area contributed by atoms with Crippen LogP contribution in [0.4, 0.5) is 5.13 Å². The standard InChI is InChI=1S/C16H14N6O2S/c1-8(23)18-15-20-11-5-4-10(19-14(11)25-15)9-6-12-13(17-7-9)22(3)16(24)21(12)2/h4-7H,1-3H3,(H,18,20,23). The lowest BCUT2D eigenvalue weighted by Crippen LogP contribution is -2.19. The fourth-order valence-corrected chi connectivity index (χ4v) is 3.58. The van der Waals surface area contributed by atoms with Crippen molar-refractivity contribution in [2.24, 2.45) is 14.1 Å². The van der Waals surface area contributed by atoms with Gasteiger partial charge in [0.25, 0.3) is 0 Å². The Morgan fingerprint density at radius 1 is 1.20 bits per heavy atom. The number of anilines is 1. The zero-order valence-electron chi connectivity index (χ0n) is 13.8. The fourth-order valence-electron chi connectivity index (χ4n) is 2.69. The number of fused-ring (bicyclic) bond motifs is 2. The number of nitrogens with one attached hydrogen (secondary N) is 1. The van der Waals surface area contributed by atoms with Crippen LogP contribution in [0.2, 0.25) is 0 Å². The maximum Gasteiger partial charge on any atom is 0.329 e. The molecular formula is C16H14N6O2S. The number of amides is 1. The summed E-state index contributed by atoms with van der Waals surface area (Å²) in [6.45, 7) is 1.44. The van der Waals surface area contributed by atoms with Crippen molar-refractivity contribution in [2.45, 2.75) is 6.92 Å². The SMILES string of the molecule is CC(=O)Nc1nc2ccc(-c3cnc4c(c3)n(C)c(=O)n4C)nc2s1. The molecule has 0 fully saturated rings. The predicted molar refractivity (Wildman–Crippen MR) is 96.7 cm³/mol. The summed E-state index contributed by atoms with van der Waals surface area (Å²) < 4.78 is 3.07. The summed E-state index contributed by atoms with van der Waals surface area (Å²) >= 11 is 1.31. The van der Waals surface area contributed by atoms with Crippen LogP contribution in [-0.2, 0) is 18.9 Å². The molecule has 4 aromatic heterocycles. The largest absolute Gasteiger partial charge is 0.329 e. The third kappa shape index (κ3) is 2.49. The summed E-state index contributed by atoms with van der Waals surface area (Å²) in [6.07, 6.45) is 1.70. The van der Waals surface area contributed by atoms with Crippen LogP contribution in [0.5, 0.6) is 0 Å². The molecule has 8 nitrogen and oxygen atoms in total. The molecular weight excluding hydrogens is 340 g/mol. The molecule has 0 saturated heterocycles. The summed E-state index contributed by atoms with van der Waals surface area (Å²) in [5.41, 5.74) is 3.52. The van der Waals surface area contributed by atoms with E-state index in [1.807, 2.05) is 18.2 Å². The molecule has 4 heterocycles. The minimum atomic E-state index is -0.168. The van der Waals surface area contributed by atoms with Gasteiger partial charge in [0.2, 0.25) is 5.91 Å². The second kappa shape index (κ2) is 5.49. The van der Waals surface area contributed by atoms with Crippen molar-refractivity contribution in [3.8, 4) is 11.3 Å². The maximum atomic E-state index is 12.0. The summed E-state index contributed by atoms with van der Waals surface area (Å²) in [5.74, 6) is -0.168. The smallest absolute Gasteiger partial charge is 0.302 e. The molecule has 0 atom stereocenters. The Morgan fingerprint density at radius 3 is 2.76 bits per heavy atom. The molecule has 0 spiro atoms. The second-order valence-corrected chi connectivity index (χ2v) is 6.67. The Labute approximate surface area is 145 Å². The Morgan fingerprint density at radius 2 is 2.00 bits per heavy atom. The molecule has 0 aromatic carbocycles. The minimum Gasteiger partial charge on any atom is -0.302 e.